The van der Waals surface area contributed by atoms with E-state index < -0.39 is 11.8 Å². The van der Waals surface area contributed by atoms with Crippen molar-refractivity contribution in [2.24, 2.45) is 0 Å². The zero-order valence-electron chi connectivity index (χ0n) is 7.40. The highest BCUT2D eigenvalue weighted by Crippen LogP contribution is 2.36. The van der Waals surface area contributed by atoms with Gasteiger partial charge >= 0.3 is 0 Å². The number of nitrogens with zero attached hydrogens (tertiary/aromatic N) is 1. The van der Waals surface area contributed by atoms with Crippen molar-refractivity contribution in [3.63, 3.8) is 0 Å². The molecular formula is C8H13NO4. The van der Waals surface area contributed by atoms with Crippen molar-refractivity contribution >= 4 is 0 Å². The fourth-order valence-electron chi connectivity index (χ4n) is 2.04. The summed E-state index contributed by atoms with van der Waals surface area (Å²) in [6, 6.07) is -0.390. The van der Waals surface area contributed by atoms with Crippen LogP contribution in [0.15, 0.2) is 0 Å². The third kappa shape index (κ3) is 1.66. The fraction of sp³-hybridized carbons (Fsp3) is 1.00. The standard InChI is InChI=1S/C8H13NO4/c10-9(11)7-1-3-8(4-2-7)12-5-6-13-8/h7H,1-6H2. The molecule has 1 aliphatic carbocycles. The summed E-state index contributed by atoms with van der Waals surface area (Å²) in [6.07, 6.45) is 2.48. The molecule has 1 aliphatic heterocycles. The summed E-state index contributed by atoms with van der Waals surface area (Å²) in [5.41, 5.74) is 0. The highest BCUT2D eigenvalue weighted by atomic mass is 16.7. The maximum atomic E-state index is 10.5. The lowest BCUT2D eigenvalue weighted by Crippen LogP contribution is -2.39. The van der Waals surface area contributed by atoms with Crippen molar-refractivity contribution in [3.8, 4) is 0 Å². The van der Waals surface area contributed by atoms with E-state index in [0.717, 1.165) is 0 Å². The number of hydrogen-bond donors (Lipinski definition) is 0. The largest absolute Gasteiger partial charge is 0.348 e. The van der Waals surface area contributed by atoms with Crippen molar-refractivity contribution in [2.45, 2.75) is 37.5 Å². The molecular weight excluding hydrogens is 174 g/mol. The molecule has 2 fully saturated rings. The predicted molar refractivity (Wildman–Crippen MR) is 43.9 cm³/mol. The van der Waals surface area contributed by atoms with Gasteiger partial charge in [0.05, 0.1) is 13.2 Å². The number of nitro groups is 1. The average molecular weight is 187 g/mol. The Hall–Kier alpha value is -0.680. The molecule has 2 aliphatic rings. The van der Waals surface area contributed by atoms with Crippen molar-refractivity contribution in [1.82, 2.24) is 0 Å². The van der Waals surface area contributed by atoms with E-state index in [-0.39, 0.29) is 4.92 Å². The van der Waals surface area contributed by atoms with Crippen LogP contribution < -0.4 is 0 Å². The molecule has 0 atom stereocenters. The van der Waals surface area contributed by atoms with Crippen molar-refractivity contribution in [1.29, 1.82) is 0 Å². The summed E-state index contributed by atoms with van der Waals surface area (Å²) < 4.78 is 10.9. The monoisotopic (exact) mass is 187 g/mol. The third-order valence-electron chi connectivity index (χ3n) is 2.83. The molecule has 0 bridgehead atoms. The zero-order chi connectivity index (χ0) is 9.31. The van der Waals surface area contributed by atoms with Gasteiger partial charge in [0.2, 0.25) is 6.04 Å². The van der Waals surface area contributed by atoms with E-state index in [2.05, 4.69) is 0 Å². The van der Waals surface area contributed by atoms with Crippen LogP contribution in [0.5, 0.6) is 0 Å². The third-order valence-corrected chi connectivity index (χ3v) is 2.83. The van der Waals surface area contributed by atoms with Crippen molar-refractivity contribution in [3.05, 3.63) is 10.1 Å². The number of hydrogen-bond acceptors (Lipinski definition) is 4. The first-order valence-electron chi connectivity index (χ1n) is 4.63. The Morgan fingerprint density at radius 3 is 2.23 bits per heavy atom. The Morgan fingerprint density at radius 1 is 1.23 bits per heavy atom. The zero-order valence-corrected chi connectivity index (χ0v) is 7.40. The molecule has 1 saturated heterocycles. The summed E-state index contributed by atoms with van der Waals surface area (Å²) in [5, 5.41) is 10.5. The maximum absolute atomic E-state index is 10.5. The van der Waals surface area contributed by atoms with E-state index in [1.54, 1.807) is 0 Å². The van der Waals surface area contributed by atoms with E-state index in [1.807, 2.05) is 0 Å². The fourth-order valence-corrected chi connectivity index (χ4v) is 2.04. The van der Waals surface area contributed by atoms with Crippen LogP contribution in [0.3, 0.4) is 0 Å². The molecule has 1 saturated carbocycles. The molecule has 0 aromatic carbocycles. The molecule has 0 radical (unpaired) electrons. The Kier molecular flexibility index (Phi) is 2.21. The number of ether oxygens (including phenoxy) is 2. The average Bonchev–Trinajstić information content (AvgIpc) is 2.54. The summed E-state index contributed by atoms with van der Waals surface area (Å²) in [6.45, 7) is 1.26. The van der Waals surface area contributed by atoms with Gasteiger partial charge < -0.3 is 9.47 Å². The normalized spacial score (nSPS) is 28.0. The van der Waals surface area contributed by atoms with Crippen LogP contribution >= 0.6 is 0 Å². The van der Waals surface area contributed by atoms with Gasteiger partial charge in [-0.2, -0.15) is 0 Å². The molecule has 0 unspecified atom stereocenters. The molecule has 5 heteroatoms. The molecule has 13 heavy (non-hydrogen) atoms. The van der Waals surface area contributed by atoms with Crippen LogP contribution in [0.1, 0.15) is 25.7 Å². The quantitative estimate of drug-likeness (QED) is 0.453. The van der Waals surface area contributed by atoms with E-state index in [9.17, 15) is 10.1 Å². The Labute approximate surface area is 76.2 Å². The minimum Gasteiger partial charge on any atom is -0.348 e. The molecule has 74 valence electrons. The summed E-state index contributed by atoms with van der Waals surface area (Å²) >= 11 is 0. The van der Waals surface area contributed by atoms with Gasteiger partial charge in [-0.15, -0.1) is 0 Å². The van der Waals surface area contributed by atoms with Crippen LogP contribution in [0.2, 0.25) is 0 Å². The first-order valence-corrected chi connectivity index (χ1v) is 4.63. The van der Waals surface area contributed by atoms with Gasteiger partial charge in [0, 0.05) is 30.6 Å². The number of rotatable bonds is 1. The first kappa shape index (κ1) is 8.90. The topological polar surface area (TPSA) is 61.6 Å². The second kappa shape index (κ2) is 3.23. The lowest BCUT2D eigenvalue weighted by molar-refractivity contribution is -0.529. The smallest absolute Gasteiger partial charge is 0.213 e. The highest BCUT2D eigenvalue weighted by Gasteiger charge is 2.43. The minimum atomic E-state index is -0.466. The van der Waals surface area contributed by atoms with Crippen molar-refractivity contribution < 1.29 is 14.4 Å². The van der Waals surface area contributed by atoms with Gasteiger partial charge in [0.1, 0.15) is 0 Å². The second-order valence-corrected chi connectivity index (χ2v) is 3.62. The highest BCUT2D eigenvalue weighted by molar-refractivity contribution is 4.82. The SMILES string of the molecule is O=[N+]([O-])C1CCC2(CC1)OCCO2. The minimum absolute atomic E-state index is 0.193. The van der Waals surface area contributed by atoms with Gasteiger partial charge in [-0.1, -0.05) is 0 Å². The van der Waals surface area contributed by atoms with Crippen LogP contribution in [-0.2, 0) is 9.47 Å². The van der Waals surface area contributed by atoms with E-state index in [1.165, 1.54) is 0 Å². The van der Waals surface area contributed by atoms with Gasteiger partial charge in [0.25, 0.3) is 0 Å². The van der Waals surface area contributed by atoms with Crippen LogP contribution in [0, 0.1) is 10.1 Å². The van der Waals surface area contributed by atoms with Crippen LogP contribution in [0.4, 0.5) is 0 Å². The summed E-state index contributed by atoms with van der Waals surface area (Å²) in [7, 11) is 0. The molecule has 0 N–H and O–H groups in total. The Balaban J connectivity index is 1.91. The maximum Gasteiger partial charge on any atom is 0.213 e. The molecule has 0 amide bonds. The lowest BCUT2D eigenvalue weighted by atomic mass is 9.90. The molecule has 5 nitrogen and oxygen atoms in total. The Bertz CT molecular complexity index is 202. The van der Waals surface area contributed by atoms with Gasteiger partial charge in [-0.05, 0) is 0 Å². The van der Waals surface area contributed by atoms with E-state index in [4.69, 9.17) is 9.47 Å². The molecule has 2 rings (SSSR count). The molecule has 0 aromatic rings. The summed E-state index contributed by atoms with van der Waals surface area (Å²) in [4.78, 5) is 10.3. The van der Waals surface area contributed by atoms with Gasteiger partial charge in [-0.3, -0.25) is 10.1 Å². The second-order valence-electron chi connectivity index (χ2n) is 3.62. The van der Waals surface area contributed by atoms with Gasteiger partial charge in [0.15, 0.2) is 5.79 Å². The molecule has 1 heterocycles. The lowest BCUT2D eigenvalue weighted by Gasteiger charge is -2.32. The van der Waals surface area contributed by atoms with Crippen LogP contribution in [0.25, 0.3) is 0 Å². The van der Waals surface area contributed by atoms with Crippen molar-refractivity contribution in [2.75, 3.05) is 13.2 Å². The van der Waals surface area contributed by atoms with E-state index >= 15 is 0 Å². The molecule has 0 aromatic heterocycles. The van der Waals surface area contributed by atoms with Crippen LogP contribution in [-0.4, -0.2) is 30.0 Å². The first-order chi connectivity index (χ1) is 6.22. The molecule has 1 spiro atoms. The predicted octanol–water partition coefficient (Wildman–Crippen LogP) is 0.949. The van der Waals surface area contributed by atoms with E-state index in [0.29, 0.717) is 38.9 Å². The Morgan fingerprint density at radius 2 is 1.77 bits per heavy atom. The van der Waals surface area contributed by atoms with Gasteiger partial charge in [-0.25, -0.2) is 0 Å². The summed E-state index contributed by atoms with van der Waals surface area (Å²) in [5.74, 6) is -0.466.